The minimum absolute atomic E-state index is 0.0243. The molecule has 0 saturated carbocycles. The minimum atomic E-state index is -0.428. The third-order valence-electron chi connectivity index (χ3n) is 2.99. The van der Waals surface area contributed by atoms with Crippen LogP contribution >= 0.6 is 27.5 Å². The van der Waals surface area contributed by atoms with Crippen molar-refractivity contribution < 1.29 is 19.0 Å². The van der Waals surface area contributed by atoms with Crippen molar-refractivity contribution in [3.63, 3.8) is 0 Å². The molecule has 0 saturated heterocycles. The van der Waals surface area contributed by atoms with Crippen LogP contribution in [0.25, 0.3) is 0 Å². The highest BCUT2D eigenvalue weighted by Gasteiger charge is 2.20. The number of hydrogen-bond acceptors (Lipinski definition) is 6. The Balaban J connectivity index is 1.83. The Hall–Kier alpha value is -2.65. The van der Waals surface area contributed by atoms with Gasteiger partial charge in [-0.05, 0) is 68.7 Å². The number of halogens is 3. The average molecular weight is 428 g/mol. The van der Waals surface area contributed by atoms with E-state index in [1.807, 2.05) is 0 Å². The maximum Gasteiger partial charge on any atom is 0.292 e. The molecule has 0 bridgehead atoms. The second kappa shape index (κ2) is 7.49. The van der Waals surface area contributed by atoms with E-state index in [-0.39, 0.29) is 21.9 Å². The van der Waals surface area contributed by atoms with Gasteiger partial charge in [-0.25, -0.2) is 9.02 Å². The highest BCUT2D eigenvalue weighted by Crippen LogP contribution is 2.25. The second-order valence-electron chi connectivity index (χ2n) is 4.68. The number of rotatable bonds is 4. The van der Waals surface area contributed by atoms with E-state index in [9.17, 15) is 9.60 Å². The van der Waals surface area contributed by atoms with Gasteiger partial charge in [0.15, 0.2) is 0 Å². The summed E-state index contributed by atoms with van der Waals surface area (Å²) in [4.78, 5) is 0. The summed E-state index contributed by atoms with van der Waals surface area (Å²) in [6.07, 6.45) is 0. The summed E-state index contributed by atoms with van der Waals surface area (Å²) in [5.74, 6) is -0.112. The molecule has 2 aromatic carbocycles. The standard InChI is InChI=1S/C15H9BrClFN4O3/c16-11-7-9(3-6-12(11)18)19-14(20-23)13-15(22-25-21-13)24-10-4-1-8(17)2-5-10/h1-7,23H,(H,19,20). The molecule has 7 nitrogen and oxygen atoms in total. The Labute approximate surface area is 154 Å². The maximum absolute atomic E-state index is 13.3. The molecule has 0 unspecified atom stereocenters. The van der Waals surface area contributed by atoms with E-state index >= 15 is 0 Å². The molecule has 0 radical (unpaired) electrons. The number of oxime groups is 1. The second-order valence-corrected chi connectivity index (χ2v) is 5.97. The zero-order valence-electron chi connectivity index (χ0n) is 12.3. The van der Waals surface area contributed by atoms with Gasteiger partial charge in [-0.3, -0.25) is 0 Å². The molecule has 0 amide bonds. The molecule has 25 heavy (non-hydrogen) atoms. The van der Waals surface area contributed by atoms with Gasteiger partial charge in [0, 0.05) is 10.7 Å². The summed E-state index contributed by atoms with van der Waals surface area (Å²) in [5, 5.41) is 23.0. The average Bonchev–Trinajstić information content (AvgIpc) is 3.06. The van der Waals surface area contributed by atoms with Crippen molar-refractivity contribution in [2.75, 3.05) is 5.32 Å². The topological polar surface area (TPSA) is 92.8 Å². The van der Waals surface area contributed by atoms with Crippen molar-refractivity contribution >= 4 is 39.1 Å². The maximum atomic E-state index is 13.3. The van der Waals surface area contributed by atoms with Gasteiger partial charge < -0.3 is 15.3 Å². The number of ether oxygens (including phenoxy) is 1. The molecule has 2 N–H and O–H groups in total. The number of amidine groups is 1. The lowest BCUT2D eigenvalue weighted by Crippen LogP contribution is -2.15. The highest BCUT2D eigenvalue weighted by molar-refractivity contribution is 9.10. The van der Waals surface area contributed by atoms with Crippen LogP contribution in [0.3, 0.4) is 0 Å². The van der Waals surface area contributed by atoms with Crippen molar-refractivity contribution in [3.05, 3.63) is 63.5 Å². The fourth-order valence-electron chi connectivity index (χ4n) is 1.85. The molecule has 0 aliphatic carbocycles. The first-order valence-electron chi connectivity index (χ1n) is 6.77. The first-order chi connectivity index (χ1) is 12.1. The molecule has 10 heteroatoms. The van der Waals surface area contributed by atoms with E-state index in [2.05, 4.69) is 41.3 Å². The van der Waals surface area contributed by atoms with E-state index in [0.717, 1.165) is 0 Å². The van der Waals surface area contributed by atoms with Crippen LogP contribution in [0.2, 0.25) is 5.02 Å². The number of hydrogen-bond donors (Lipinski definition) is 2. The smallest absolute Gasteiger partial charge is 0.292 e. The minimum Gasteiger partial charge on any atom is -0.435 e. The van der Waals surface area contributed by atoms with E-state index in [0.29, 0.717) is 16.5 Å². The summed E-state index contributed by atoms with van der Waals surface area (Å²) in [6, 6.07) is 10.7. The van der Waals surface area contributed by atoms with Crippen LogP contribution in [0.1, 0.15) is 5.69 Å². The van der Waals surface area contributed by atoms with Crippen molar-refractivity contribution in [3.8, 4) is 11.6 Å². The molecule has 0 atom stereocenters. The number of benzene rings is 2. The Bertz CT molecular complexity index is 917. The van der Waals surface area contributed by atoms with Crippen LogP contribution in [0.4, 0.5) is 10.1 Å². The molecular formula is C15H9BrClFN4O3. The Morgan fingerprint density at radius 3 is 2.68 bits per heavy atom. The monoisotopic (exact) mass is 426 g/mol. The van der Waals surface area contributed by atoms with Crippen LogP contribution in [0, 0.1) is 5.82 Å². The summed E-state index contributed by atoms with van der Waals surface area (Å²) >= 11 is 8.89. The van der Waals surface area contributed by atoms with Gasteiger partial charge in [-0.2, -0.15) is 0 Å². The highest BCUT2D eigenvalue weighted by atomic mass is 79.9. The van der Waals surface area contributed by atoms with Crippen LogP contribution in [-0.2, 0) is 0 Å². The largest absolute Gasteiger partial charge is 0.435 e. The third-order valence-corrected chi connectivity index (χ3v) is 3.85. The first-order valence-corrected chi connectivity index (χ1v) is 7.94. The van der Waals surface area contributed by atoms with Gasteiger partial charge in [0.25, 0.3) is 5.88 Å². The zero-order chi connectivity index (χ0) is 17.8. The normalized spacial score (nSPS) is 11.4. The molecule has 3 aromatic rings. The molecule has 3 rings (SSSR count). The van der Waals surface area contributed by atoms with Crippen LogP contribution in [0.5, 0.6) is 11.6 Å². The molecule has 0 spiro atoms. The fraction of sp³-hybridized carbons (Fsp3) is 0. The van der Waals surface area contributed by atoms with Gasteiger partial charge in [0.05, 0.1) is 4.47 Å². The van der Waals surface area contributed by atoms with Crippen LogP contribution in [0.15, 0.2) is 56.7 Å². The number of aromatic nitrogens is 2. The molecule has 0 fully saturated rings. The molecule has 128 valence electrons. The lowest BCUT2D eigenvalue weighted by Gasteiger charge is -2.08. The fourth-order valence-corrected chi connectivity index (χ4v) is 2.35. The van der Waals surface area contributed by atoms with Gasteiger partial charge in [0.2, 0.25) is 11.5 Å². The lowest BCUT2D eigenvalue weighted by atomic mass is 10.3. The quantitative estimate of drug-likeness (QED) is 0.272. The Kier molecular flexibility index (Phi) is 5.15. The molecule has 1 heterocycles. The van der Waals surface area contributed by atoms with Gasteiger partial charge in [-0.1, -0.05) is 16.8 Å². The first kappa shape index (κ1) is 17.2. The van der Waals surface area contributed by atoms with Crippen molar-refractivity contribution in [2.45, 2.75) is 0 Å². The van der Waals surface area contributed by atoms with Gasteiger partial charge >= 0.3 is 0 Å². The summed E-state index contributed by atoms with van der Waals surface area (Å²) in [6.45, 7) is 0. The van der Waals surface area contributed by atoms with Crippen molar-refractivity contribution in [1.29, 1.82) is 0 Å². The predicted molar refractivity (Wildman–Crippen MR) is 91.9 cm³/mol. The van der Waals surface area contributed by atoms with E-state index in [1.54, 1.807) is 24.3 Å². The van der Waals surface area contributed by atoms with Crippen molar-refractivity contribution in [2.24, 2.45) is 5.16 Å². The van der Waals surface area contributed by atoms with E-state index < -0.39 is 5.82 Å². The SMILES string of the molecule is O/N=C(\Nc1ccc(F)c(Br)c1)c1nonc1Oc1ccc(Cl)cc1. The van der Waals surface area contributed by atoms with Gasteiger partial charge in [0.1, 0.15) is 11.6 Å². The zero-order valence-corrected chi connectivity index (χ0v) is 14.6. The molecular weight excluding hydrogens is 419 g/mol. The van der Waals surface area contributed by atoms with Gasteiger partial charge in [-0.15, -0.1) is 0 Å². The summed E-state index contributed by atoms with van der Waals surface area (Å²) in [7, 11) is 0. The molecule has 1 aromatic heterocycles. The number of nitrogens with zero attached hydrogens (tertiary/aromatic N) is 3. The number of nitrogens with one attached hydrogen (secondary N) is 1. The lowest BCUT2D eigenvalue weighted by molar-refractivity contribution is 0.289. The van der Waals surface area contributed by atoms with Crippen LogP contribution in [-0.4, -0.2) is 21.4 Å². The number of anilines is 1. The van der Waals surface area contributed by atoms with E-state index in [1.165, 1.54) is 18.2 Å². The molecule has 0 aliphatic rings. The Morgan fingerprint density at radius 1 is 1.24 bits per heavy atom. The third kappa shape index (κ3) is 4.06. The summed E-state index contributed by atoms with van der Waals surface area (Å²) in [5.41, 5.74) is 0.472. The van der Waals surface area contributed by atoms with E-state index in [4.69, 9.17) is 16.3 Å². The predicted octanol–water partition coefficient (Wildman–Crippen LogP) is 4.66. The summed E-state index contributed by atoms with van der Waals surface area (Å²) < 4.78 is 23.7. The molecule has 0 aliphatic heterocycles. The van der Waals surface area contributed by atoms with Crippen LogP contribution < -0.4 is 10.1 Å². The van der Waals surface area contributed by atoms with Crippen molar-refractivity contribution in [1.82, 2.24) is 10.3 Å². The Morgan fingerprint density at radius 2 is 2.00 bits per heavy atom.